The Morgan fingerprint density at radius 2 is 2.00 bits per heavy atom. The number of aromatic nitrogens is 1. The summed E-state index contributed by atoms with van der Waals surface area (Å²) < 4.78 is 35.4. The van der Waals surface area contributed by atoms with Gasteiger partial charge in [0.2, 0.25) is 5.78 Å². The molecular weight excluding hydrogens is 211 g/mol. The fourth-order valence-electron chi connectivity index (χ4n) is 0.876. The number of alkyl halides is 3. The maximum Gasteiger partial charge on any atom is 0.450 e. The van der Waals surface area contributed by atoms with Crippen molar-refractivity contribution in [1.82, 2.24) is 4.98 Å². The molecule has 0 atom stereocenters. The van der Waals surface area contributed by atoms with E-state index in [9.17, 15) is 22.8 Å². The minimum atomic E-state index is -4.96. The van der Waals surface area contributed by atoms with Crippen molar-refractivity contribution in [3.63, 3.8) is 0 Å². The van der Waals surface area contributed by atoms with E-state index in [4.69, 9.17) is 0 Å². The number of hydrogen-bond acceptors (Lipinski definition) is 3. The summed E-state index contributed by atoms with van der Waals surface area (Å²) in [4.78, 5) is 25.2. The highest BCUT2D eigenvalue weighted by atomic mass is 19.4. The Balaban J connectivity index is 2.70. The number of carbonyl (C=O) groups excluding carboxylic acids is 2. The molecule has 1 aromatic heterocycles. The quantitative estimate of drug-likeness (QED) is 0.572. The SMILES string of the molecule is O=C(CC(=O)C(F)(F)F)c1cccnc1. The van der Waals surface area contributed by atoms with E-state index in [1.807, 2.05) is 0 Å². The topological polar surface area (TPSA) is 47.0 Å². The Labute approximate surface area is 82.9 Å². The number of hydrogen-bond donors (Lipinski definition) is 0. The lowest BCUT2D eigenvalue weighted by Gasteiger charge is -2.03. The van der Waals surface area contributed by atoms with Crippen molar-refractivity contribution < 1.29 is 22.8 Å². The van der Waals surface area contributed by atoms with Gasteiger partial charge in [-0.1, -0.05) is 0 Å². The molecule has 1 heterocycles. The lowest BCUT2D eigenvalue weighted by molar-refractivity contribution is -0.170. The maximum absolute atomic E-state index is 11.8. The van der Waals surface area contributed by atoms with Gasteiger partial charge in [-0.3, -0.25) is 14.6 Å². The zero-order chi connectivity index (χ0) is 11.5. The van der Waals surface area contributed by atoms with Crippen LogP contribution >= 0.6 is 0 Å². The van der Waals surface area contributed by atoms with Crippen LogP contribution < -0.4 is 0 Å². The van der Waals surface area contributed by atoms with Crippen LogP contribution in [-0.4, -0.2) is 22.7 Å². The van der Waals surface area contributed by atoms with Gasteiger partial charge in [0, 0.05) is 18.0 Å². The third-order valence-electron chi connectivity index (χ3n) is 1.62. The van der Waals surface area contributed by atoms with Crippen molar-refractivity contribution in [2.24, 2.45) is 0 Å². The van der Waals surface area contributed by atoms with Gasteiger partial charge in [0.05, 0.1) is 6.42 Å². The molecule has 0 N–H and O–H groups in total. The predicted octanol–water partition coefficient (Wildman–Crippen LogP) is 1.79. The lowest BCUT2D eigenvalue weighted by Crippen LogP contribution is -2.25. The summed E-state index contributed by atoms with van der Waals surface area (Å²) in [6, 6.07) is 2.71. The minimum absolute atomic E-state index is 0.00454. The summed E-state index contributed by atoms with van der Waals surface area (Å²) in [5.41, 5.74) is -0.00454. The molecule has 0 aliphatic rings. The monoisotopic (exact) mass is 217 g/mol. The zero-order valence-corrected chi connectivity index (χ0v) is 7.41. The second-order valence-corrected chi connectivity index (χ2v) is 2.76. The van der Waals surface area contributed by atoms with E-state index in [2.05, 4.69) is 4.98 Å². The normalized spacial score (nSPS) is 11.1. The molecule has 0 bridgehead atoms. The molecule has 0 fully saturated rings. The molecule has 3 nitrogen and oxygen atoms in total. The molecule has 0 radical (unpaired) electrons. The standard InChI is InChI=1S/C9H6F3NO2/c10-9(11,12)8(15)4-7(14)6-2-1-3-13-5-6/h1-3,5H,4H2. The van der Waals surface area contributed by atoms with Gasteiger partial charge in [0.1, 0.15) is 0 Å². The molecule has 6 heteroatoms. The fraction of sp³-hybridized carbons (Fsp3) is 0.222. The van der Waals surface area contributed by atoms with Crippen LogP contribution in [0.5, 0.6) is 0 Å². The van der Waals surface area contributed by atoms with Crippen molar-refractivity contribution in [2.45, 2.75) is 12.6 Å². The molecule has 0 saturated carbocycles. The average molecular weight is 217 g/mol. The summed E-state index contributed by atoms with van der Waals surface area (Å²) in [5, 5.41) is 0. The highest BCUT2D eigenvalue weighted by Crippen LogP contribution is 2.18. The third-order valence-corrected chi connectivity index (χ3v) is 1.62. The van der Waals surface area contributed by atoms with Crippen molar-refractivity contribution in [1.29, 1.82) is 0 Å². The second kappa shape index (κ2) is 4.20. The first kappa shape index (κ1) is 11.4. The first-order chi connectivity index (χ1) is 6.91. The van der Waals surface area contributed by atoms with Crippen molar-refractivity contribution in [2.75, 3.05) is 0 Å². The van der Waals surface area contributed by atoms with E-state index < -0.39 is 24.2 Å². The lowest BCUT2D eigenvalue weighted by atomic mass is 10.1. The van der Waals surface area contributed by atoms with Crippen LogP contribution in [0.3, 0.4) is 0 Å². The summed E-state index contributed by atoms with van der Waals surface area (Å²) in [5.74, 6) is -2.93. The van der Waals surface area contributed by atoms with Crippen LogP contribution in [0.25, 0.3) is 0 Å². The number of ketones is 2. The molecule has 1 rings (SSSR count). The average Bonchev–Trinajstić information content (AvgIpc) is 2.17. The van der Waals surface area contributed by atoms with Gasteiger partial charge in [-0.05, 0) is 12.1 Å². The van der Waals surface area contributed by atoms with Crippen molar-refractivity contribution in [3.8, 4) is 0 Å². The Bertz CT molecular complexity index is 373. The molecule has 80 valence electrons. The van der Waals surface area contributed by atoms with Gasteiger partial charge in [-0.25, -0.2) is 0 Å². The van der Waals surface area contributed by atoms with E-state index in [1.54, 1.807) is 0 Å². The molecule has 0 amide bonds. The minimum Gasteiger partial charge on any atom is -0.294 e. The first-order valence-electron chi connectivity index (χ1n) is 3.94. The first-order valence-corrected chi connectivity index (χ1v) is 3.94. The van der Waals surface area contributed by atoms with Gasteiger partial charge >= 0.3 is 6.18 Å². The molecule has 0 aliphatic carbocycles. The molecule has 15 heavy (non-hydrogen) atoms. The van der Waals surface area contributed by atoms with Gasteiger partial charge < -0.3 is 0 Å². The number of halogens is 3. The molecule has 0 spiro atoms. The maximum atomic E-state index is 11.8. The van der Waals surface area contributed by atoms with Crippen LogP contribution in [-0.2, 0) is 4.79 Å². The van der Waals surface area contributed by atoms with Gasteiger partial charge in [0.25, 0.3) is 0 Å². The summed E-state index contributed by atoms with van der Waals surface area (Å²) in [7, 11) is 0. The van der Waals surface area contributed by atoms with Crippen LogP contribution in [0.15, 0.2) is 24.5 Å². The fourth-order valence-corrected chi connectivity index (χ4v) is 0.876. The van der Waals surface area contributed by atoms with Gasteiger partial charge in [-0.2, -0.15) is 13.2 Å². The van der Waals surface area contributed by atoms with E-state index >= 15 is 0 Å². The van der Waals surface area contributed by atoms with Gasteiger partial charge in [0.15, 0.2) is 5.78 Å². The summed E-state index contributed by atoms with van der Waals surface area (Å²) in [6.45, 7) is 0. The van der Waals surface area contributed by atoms with Crippen molar-refractivity contribution >= 4 is 11.6 Å². The Kier molecular flexibility index (Phi) is 3.18. The van der Waals surface area contributed by atoms with E-state index in [0.29, 0.717) is 0 Å². The number of pyridine rings is 1. The largest absolute Gasteiger partial charge is 0.450 e. The number of nitrogens with zero attached hydrogens (tertiary/aromatic N) is 1. The Morgan fingerprint density at radius 1 is 1.33 bits per heavy atom. The summed E-state index contributed by atoms with van der Waals surface area (Å²) in [6.07, 6.45) is -3.64. The summed E-state index contributed by atoms with van der Waals surface area (Å²) >= 11 is 0. The molecular formula is C9H6F3NO2. The van der Waals surface area contributed by atoms with E-state index in [-0.39, 0.29) is 5.56 Å². The van der Waals surface area contributed by atoms with Gasteiger partial charge in [-0.15, -0.1) is 0 Å². The van der Waals surface area contributed by atoms with Crippen LogP contribution in [0.4, 0.5) is 13.2 Å². The van der Waals surface area contributed by atoms with Crippen LogP contribution in [0.1, 0.15) is 16.8 Å². The highest BCUT2D eigenvalue weighted by molar-refractivity contribution is 6.09. The highest BCUT2D eigenvalue weighted by Gasteiger charge is 2.39. The van der Waals surface area contributed by atoms with Crippen molar-refractivity contribution in [3.05, 3.63) is 30.1 Å². The smallest absolute Gasteiger partial charge is 0.294 e. The van der Waals surface area contributed by atoms with Crippen LogP contribution in [0.2, 0.25) is 0 Å². The van der Waals surface area contributed by atoms with Crippen LogP contribution in [0, 0.1) is 0 Å². The number of carbonyl (C=O) groups is 2. The molecule has 0 aromatic carbocycles. The Hall–Kier alpha value is -1.72. The van der Waals surface area contributed by atoms with E-state index in [1.165, 1.54) is 18.3 Å². The molecule has 0 unspecified atom stereocenters. The Morgan fingerprint density at radius 3 is 2.47 bits per heavy atom. The third kappa shape index (κ3) is 3.16. The second-order valence-electron chi connectivity index (χ2n) is 2.76. The van der Waals surface area contributed by atoms with E-state index in [0.717, 1.165) is 6.20 Å². The molecule has 0 saturated heterocycles. The molecule has 0 aliphatic heterocycles. The number of rotatable bonds is 3. The number of Topliss-reactive ketones (excluding diaryl/α,β-unsaturated/α-hetero) is 2. The zero-order valence-electron chi connectivity index (χ0n) is 7.41. The molecule has 1 aromatic rings. The predicted molar refractivity (Wildman–Crippen MR) is 44.2 cm³/mol.